The molecule has 0 aromatic rings. The van der Waals surface area contributed by atoms with E-state index in [0.29, 0.717) is 19.4 Å². The van der Waals surface area contributed by atoms with Gasteiger partial charge in [-0.05, 0) is 44.4 Å². The molecule has 0 aromatic carbocycles. The van der Waals surface area contributed by atoms with Crippen molar-refractivity contribution in [3.8, 4) is 0 Å². The first-order valence-electron chi connectivity index (χ1n) is 6.55. The molecule has 96 valence electrons. The van der Waals surface area contributed by atoms with E-state index in [0.717, 1.165) is 31.6 Å². The van der Waals surface area contributed by atoms with Gasteiger partial charge in [0.2, 0.25) is 5.91 Å². The minimum atomic E-state index is -0.768. The SMILES string of the molecule is CC1CCC(C(=O)NCC2(C(=O)O)CC2)CC1. The van der Waals surface area contributed by atoms with E-state index < -0.39 is 11.4 Å². The molecule has 2 aliphatic carbocycles. The third-order valence-electron chi connectivity index (χ3n) is 4.29. The smallest absolute Gasteiger partial charge is 0.311 e. The fourth-order valence-corrected chi connectivity index (χ4v) is 2.54. The maximum absolute atomic E-state index is 11.9. The summed E-state index contributed by atoms with van der Waals surface area (Å²) in [6.45, 7) is 2.53. The lowest BCUT2D eigenvalue weighted by molar-refractivity contribution is -0.143. The van der Waals surface area contributed by atoms with Crippen LogP contribution in [0.15, 0.2) is 0 Å². The standard InChI is InChI=1S/C13H21NO3/c1-9-2-4-10(5-3-9)11(15)14-8-13(6-7-13)12(16)17/h9-10H,2-8H2,1H3,(H,14,15)(H,16,17). The van der Waals surface area contributed by atoms with Crippen LogP contribution in [-0.4, -0.2) is 23.5 Å². The monoisotopic (exact) mass is 239 g/mol. The van der Waals surface area contributed by atoms with E-state index in [1.54, 1.807) is 0 Å². The van der Waals surface area contributed by atoms with Crippen molar-refractivity contribution in [2.75, 3.05) is 6.54 Å². The Hall–Kier alpha value is -1.06. The van der Waals surface area contributed by atoms with Crippen molar-refractivity contribution >= 4 is 11.9 Å². The Morgan fingerprint density at radius 1 is 1.24 bits per heavy atom. The fraction of sp³-hybridized carbons (Fsp3) is 0.846. The number of carboxylic acid groups (broad SMARTS) is 1. The van der Waals surface area contributed by atoms with Gasteiger partial charge in [0.25, 0.3) is 0 Å². The quantitative estimate of drug-likeness (QED) is 0.786. The summed E-state index contributed by atoms with van der Waals surface area (Å²) < 4.78 is 0. The van der Waals surface area contributed by atoms with Crippen molar-refractivity contribution in [1.82, 2.24) is 5.32 Å². The van der Waals surface area contributed by atoms with Crippen LogP contribution in [0.5, 0.6) is 0 Å². The predicted molar refractivity (Wildman–Crippen MR) is 63.4 cm³/mol. The minimum absolute atomic E-state index is 0.0597. The van der Waals surface area contributed by atoms with Gasteiger partial charge >= 0.3 is 5.97 Å². The summed E-state index contributed by atoms with van der Waals surface area (Å²) >= 11 is 0. The summed E-state index contributed by atoms with van der Waals surface area (Å²) in [5.74, 6) is 0.128. The summed E-state index contributed by atoms with van der Waals surface area (Å²) in [4.78, 5) is 22.9. The average molecular weight is 239 g/mol. The molecule has 0 unspecified atom stereocenters. The molecule has 0 spiro atoms. The Labute approximate surface area is 102 Å². The van der Waals surface area contributed by atoms with E-state index in [9.17, 15) is 9.59 Å². The van der Waals surface area contributed by atoms with Gasteiger partial charge in [-0.1, -0.05) is 6.92 Å². The second-order valence-corrected chi connectivity index (χ2v) is 5.76. The van der Waals surface area contributed by atoms with Gasteiger partial charge in [0.1, 0.15) is 0 Å². The number of rotatable bonds is 4. The van der Waals surface area contributed by atoms with Gasteiger partial charge in [-0.2, -0.15) is 0 Å². The molecule has 2 aliphatic rings. The highest BCUT2D eigenvalue weighted by Crippen LogP contribution is 2.45. The van der Waals surface area contributed by atoms with Gasteiger partial charge in [-0.3, -0.25) is 9.59 Å². The number of amides is 1. The number of hydrogen-bond acceptors (Lipinski definition) is 2. The van der Waals surface area contributed by atoms with Crippen LogP contribution >= 0.6 is 0 Å². The maximum Gasteiger partial charge on any atom is 0.311 e. The molecule has 4 heteroatoms. The summed E-state index contributed by atoms with van der Waals surface area (Å²) in [6.07, 6.45) is 5.53. The van der Waals surface area contributed by atoms with E-state index in [1.165, 1.54) is 0 Å². The van der Waals surface area contributed by atoms with Crippen LogP contribution in [0, 0.1) is 17.3 Å². The van der Waals surface area contributed by atoms with Gasteiger partial charge < -0.3 is 10.4 Å². The molecular formula is C13H21NO3. The maximum atomic E-state index is 11.9. The number of carbonyl (C=O) groups is 2. The molecule has 1 amide bonds. The van der Waals surface area contributed by atoms with Crippen molar-refractivity contribution in [2.24, 2.45) is 17.3 Å². The molecule has 0 saturated heterocycles. The van der Waals surface area contributed by atoms with Crippen molar-refractivity contribution in [1.29, 1.82) is 0 Å². The average Bonchev–Trinajstić information content (AvgIpc) is 3.08. The molecule has 0 aliphatic heterocycles. The highest BCUT2D eigenvalue weighted by molar-refractivity contribution is 5.82. The van der Waals surface area contributed by atoms with Gasteiger partial charge in [0, 0.05) is 12.5 Å². The normalized spacial score (nSPS) is 30.6. The Kier molecular flexibility index (Phi) is 3.40. The van der Waals surface area contributed by atoms with Crippen LogP contribution in [0.3, 0.4) is 0 Å². The molecule has 2 fully saturated rings. The lowest BCUT2D eigenvalue weighted by Crippen LogP contribution is -2.38. The zero-order chi connectivity index (χ0) is 12.5. The van der Waals surface area contributed by atoms with Crippen molar-refractivity contribution in [2.45, 2.75) is 45.4 Å². The van der Waals surface area contributed by atoms with Crippen LogP contribution < -0.4 is 5.32 Å². The van der Waals surface area contributed by atoms with Crippen molar-refractivity contribution in [3.05, 3.63) is 0 Å². The van der Waals surface area contributed by atoms with Crippen LogP contribution in [0.2, 0.25) is 0 Å². The summed E-state index contributed by atoms with van der Waals surface area (Å²) in [6, 6.07) is 0. The van der Waals surface area contributed by atoms with E-state index >= 15 is 0 Å². The molecule has 0 bridgehead atoms. The molecule has 2 N–H and O–H groups in total. The molecule has 0 heterocycles. The summed E-state index contributed by atoms with van der Waals surface area (Å²) in [5, 5.41) is 11.8. The molecule has 0 aromatic heterocycles. The Balaban J connectivity index is 1.76. The zero-order valence-electron chi connectivity index (χ0n) is 10.4. The Bertz CT molecular complexity index is 315. The number of carboxylic acids is 1. The lowest BCUT2D eigenvalue weighted by Gasteiger charge is -2.25. The molecule has 17 heavy (non-hydrogen) atoms. The second kappa shape index (κ2) is 4.67. The fourth-order valence-electron chi connectivity index (χ4n) is 2.54. The molecule has 2 rings (SSSR count). The van der Waals surface area contributed by atoms with E-state index in [1.807, 2.05) is 0 Å². The number of carbonyl (C=O) groups excluding carboxylic acids is 1. The molecule has 2 saturated carbocycles. The number of hydrogen-bond donors (Lipinski definition) is 2. The lowest BCUT2D eigenvalue weighted by atomic mass is 9.82. The van der Waals surface area contributed by atoms with Crippen LogP contribution in [-0.2, 0) is 9.59 Å². The molecule has 0 radical (unpaired) electrons. The van der Waals surface area contributed by atoms with Crippen molar-refractivity contribution < 1.29 is 14.7 Å². The summed E-state index contributed by atoms with van der Waals surface area (Å²) in [5.41, 5.74) is -0.641. The zero-order valence-corrected chi connectivity index (χ0v) is 10.4. The highest BCUT2D eigenvalue weighted by atomic mass is 16.4. The number of aliphatic carboxylic acids is 1. The first kappa shape index (κ1) is 12.4. The first-order valence-corrected chi connectivity index (χ1v) is 6.55. The summed E-state index contributed by atoms with van der Waals surface area (Å²) in [7, 11) is 0. The minimum Gasteiger partial charge on any atom is -0.481 e. The van der Waals surface area contributed by atoms with E-state index in [2.05, 4.69) is 12.2 Å². The van der Waals surface area contributed by atoms with Crippen LogP contribution in [0.25, 0.3) is 0 Å². The van der Waals surface area contributed by atoms with Gasteiger partial charge in [-0.25, -0.2) is 0 Å². The molecule has 4 nitrogen and oxygen atoms in total. The first-order chi connectivity index (χ1) is 8.03. The van der Waals surface area contributed by atoms with Crippen LogP contribution in [0.4, 0.5) is 0 Å². The van der Waals surface area contributed by atoms with Crippen LogP contribution in [0.1, 0.15) is 45.4 Å². The highest BCUT2D eigenvalue weighted by Gasteiger charge is 2.50. The molecular weight excluding hydrogens is 218 g/mol. The largest absolute Gasteiger partial charge is 0.481 e. The van der Waals surface area contributed by atoms with Crippen molar-refractivity contribution in [3.63, 3.8) is 0 Å². The topological polar surface area (TPSA) is 66.4 Å². The number of nitrogens with one attached hydrogen (secondary N) is 1. The van der Waals surface area contributed by atoms with Gasteiger partial charge in [0.15, 0.2) is 0 Å². The second-order valence-electron chi connectivity index (χ2n) is 5.76. The van der Waals surface area contributed by atoms with Gasteiger partial charge in [0.05, 0.1) is 5.41 Å². The Morgan fingerprint density at radius 3 is 2.29 bits per heavy atom. The predicted octanol–water partition coefficient (Wildman–Crippen LogP) is 1.79. The third-order valence-corrected chi connectivity index (χ3v) is 4.29. The van der Waals surface area contributed by atoms with E-state index in [4.69, 9.17) is 5.11 Å². The van der Waals surface area contributed by atoms with E-state index in [-0.39, 0.29) is 11.8 Å². The Morgan fingerprint density at radius 2 is 1.82 bits per heavy atom. The third kappa shape index (κ3) is 2.79. The molecule has 0 atom stereocenters. The van der Waals surface area contributed by atoms with Gasteiger partial charge in [-0.15, -0.1) is 0 Å².